The Morgan fingerprint density at radius 3 is 2.27 bits per heavy atom. The number of carbonyl (C=O) groups is 2. The molecule has 0 radical (unpaired) electrons. The number of hydrogen-bond donors (Lipinski definition) is 1. The minimum atomic E-state index is -0.411. The van der Waals surface area contributed by atoms with Crippen LogP contribution in [0.2, 0.25) is 0 Å². The third-order valence-electron chi connectivity index (χ3n) is 7.22. The van der Waals surface area contributed by atoms with Crippen LogP contribution in [-0.4, -0.2) is 33.8 Å². The van der Waals surface area contributed by atoms with Crippen molar-refractivity contribution in [3.8, 4) is 0 Å². The van der Waals surface area contributed by atoms with E-state index in [1.54, 1.807) is 4.90 Å². The number of anilines is 1. The zero-order valence-corrected chi connectivity index (χ0v) is 24.1. The first-order chi connectivity index (χ1) is 19.3. The number of carbonyl (C=O) groups excluding carboxylic acids is 2. The van der Waals surface area contributed by atoms with Gasteiger partial charge >= 0.3 is 0 Å². The van der Waals surface area contributed by atoms with Gasteiger partial charge in [0.1, 0.15) is 0 Å². The molecular formula is C33H34N4O2S. The molecule has 0 saturated heterocycles. The van der Waals surface area contributed by atoms with Crippen molar-refractivity contribution < 1.29 is 9.59 Å². The fourth-order valence-corrected chi connectivity index (χ4v) is 5.96. The highest BCUT2D eigenvalue weighted by molar-refractivity contribution is 8.16. The van der Waals surface area contributed by atoms with Crippen LogP contribution < -0.4 is 5.32 Å². The van der Waals surface area contributed by atoms with Crippen molar-refractivity contribution in [2.24, 2.45) is 4.99 Å². The van der Waals surface area contributed by atoms with E-state index in [2.05, 4.69) is 48.3 Å². The quantitative estimate of drug-likeness (QED) is 0.326. The molecule has 1 N–H and O–H groups in total. The van der Waals surface area contributed by atoms with Gasteiger partial charge in [-0.3, -0.25) is 9.59 Å². The molecule has 2 aliphatic rings. The number of rotatable bonds is 8. The van der Waals surface area contributed by atoms with E-state index < -0.39 is 6.04 Å². The molecule has 2 heterocycles. The third-order valence-corrected chi connectivity index (χ3v) is 8.11. The van der Waals surface area contributed by atoms with Gasteiger partial charge in [-0.2, -0.15) is 0 Å². The van der Waals surface area contributed by atoms with Crippen LogP contribution >= 0.6 is 11.8 Å². The van der Waals surface area contributed by atoms with Crippen LogP contribution in [0.3, 0.4) is 0 Å². The molecule has 0 fully saturated rings. The molecule has 2 amide bonds. The van der Waals surface area contributed by atoms with Crippen molar-refractivity contribution in [1.29, 1.82) is 0 Å². The Labute approximate surface area is 240 Å². The third kappa shape index (κ3) is 5.89. The standard InChI is InChI=1S/C33H34N4O2S/c1-22(2)25-15-17-26(18-16-25)31-30(32(39)35-27-13-9-6-10-14-27)23(3)34-33-37(31)28(21-40-33)19-29(38)36(4)20-24-11-7-5-8-12-24/h5-18,21-22,31H,19-20H2,1-4H3,(H,35,39). The van der Waals surface area contributed by atoms with Crippen LogP contribution in [0.4, 0.5) is 5.69 Å². The zero-order valence-electron chi connectivity index (χ0n) is 23.3. The first-order valence-corrected chi connectivity index (χ1v) is 14.4. The molecule has 6 nitrogen and oxygen atoms in total. The number of hydrogen-bond acceptors (Lipinski definition) is 5. The van der Waals surface area contributed by atoms with Gasteiger partial charge in [-0.15, -0.1) is 0 Å². The number of benzene rings is 3. The Bertz CT molecular complexity index is 1480. The molecule has 40 heavy (non-hydrogen) atoms. The normalized spacial score (nSPS) is 16.4. The number of aliphatic imine (C=N–C) groups is 1. The maximum absolute atomic E-state index is 13.8. The number of nitrogens with zero attached hydrogens (tertiary/aromatic N) is 3. The number of allylic oxidation sites excluding steroid dienone is 1. The lowest BCUT2D eigenvalue weighted by atomic mass is 9.91. The monoisotopic (exact) mass is 550 g/mol. The topological polar surface area (TPSA) is 65.0 Å². The van der Waals surface area contributed by atoms with Crippen LogP contribution in [0.15, 0.2) is 112 Å². The summed E-state index contributed by atoms with van der Waals surface area (Å²) in [5, 5.41) is 5.83. The maximum atomic E-state index is 13.8. The molecule has 1 atom stereocenters. The molecule has 0 bridgehead atoms. The first kappa shape index (κ1) is 27.5. The first-order valence-electron chi connectivity index (χ1n) is 13.5. The second kappa shape index (κ2) is 12.0. The highest BCUT2D eigenvalue weighted by Gasteiger charge is 2.40. The Morgan fingerprint density at radius 1 is 0.975 bits per heavy atom. The molecule has 3 aromatic rings. The summed E-state index contributed by atoms with van der Waals surface area (Å²) in [6.45, 7) is 6.75. The van der Waals surface area contributed by atoms with E-state index in [1.165, 1.54) is 17.3 Å². The summed E-state index contributed by atoms with van der Waals surface area (Å²) in [5.74, 6) is 0.201. The molecule has 204 valence electrons. The van der Waals surface area contributed by atoms with Crippen molar-refractivity contribution in [2.75, 3.05) is 12.4 Å². The van der Waals surface area contributed by atoms with E-state index in [-0.39, 0.29) is 18.2 Å². The summed E-state index contributed by atoms with van der Waals surface area (Å²) >= 11 is 1.50. The van der Waals surface area contributed by atoms with Crippen molar-refractivity contribution in [3.05, 3.63) is 124 Å². The van der Waals surface area contributed by atoms with Gasteiger partial charge in [-0.05, 0) is 47.1 Å². The lowest BCUT2D eigenvalue weighted by Gasteiger charge is -2.37. The summed E-state index contributed by atoms with van der Waals surface area (Å²) in [6, 6.07) is 27.4. The van der Waals surface area contributed by atoms with E-state index in [4.69, 9.17) is 4.99 Å². The second-order valence-electron chi connectivity index (χ2n) is 10.4. The predicted molar refractivity (Wildman–Crippen MR) is 164 cm³/mol. The molecule has 0 saturated carbocycles. The number of fused-ring (bicyclic) bond motifs is 1. The molecule has 0 aliphatic carbocycles. The van der Waals surface area contributed by atoms with Crippen molar-refractivity contribution in [3.63, 3.8) is 0 Å². The fourth-order valence-electron chi connectivity index (χ4n) is 4.99. The summed E-state index contributed by atoms with van der Waals surface area (Å²) < 4.78 is 0. The average molecular weight is 551 g/mol. The lowest BCUT2D eigenvalue weighted by molar-refractivity contribution is -0.129. The van der Waals surface area contributed by atoms with Crippen LogP contribution in [0.25, 0.3) is 0 Å². The fraction of sp³-hybridized carbons (Fsp3) is 0.242. The number of para-hydroxylation sites is 1. The Kier molecular flexibility index (Phi) is 8.21. The molecular weight excluding hydrogens is 516 g/mol. The van der Waals surface area contributed by atoms with E-state index in [0.29, 0.717) is 23.7 Å². The maximum Gasteiger partial charge on any atom is 0.255 e. The summed E-state index contributed by atoms with van der Waals surface area (Å²) in [4.78, 5) is 35.8. The molecule has 5 rings (SSSR count). The Balaban J connectivity index is 1.46. The van der Waals surface area contributed by atoms with Gasteiger partial charge in [-0.1, -0.05) is 98.4 Å². The molecule has 1 unspecified atom stereocenters. The van der Waals surface area contributed by atoms with E-state index in [9.17, 15) is 9.59 Å². The SMILES string of the molecule is CC1=C(C(=O)Nc2ccccc2)C(c2ccc(C(C)C)cc2)N2C(CC(=O)N(C)Cc3ccccc3)=CSC2=N1. The highest BCUT2D eigenvalue weighted by atomic mass is 32.2. The van der Waals surface area contributed by atoms with Gasteiger partial charge in [0.2, 0.25) is 5.91 Å². The van der Waals surface area contributed by atoms with Gasteiger partial charge in [-0.25, -0.2) is 4.99 Å². The van der Waals surface area contributed by atoms with Crippen LogP contribution in [0.1, 0.15) is 55.8 Å². The zero-order chi connectivity index (χ0) is 28.2. The van der Waals surface area contributed by atoms with Gasteiger partial charge in [0.05, 0.1) is 23.7 Å². The molecule has 2 aliphatic heterocycles. The lowest BCUT2D eigenvalue weighted by Crippen LogP contribution is -2.39. The smallest absolute Gasteiger partial charge is 0.255 e. The molecule has 7 heteroatoms. The van der Waals surface area contributed by atoms with Crippen LogP contribution in [-0.2, 0) is 16.1 Å². The van der Waals surface area contributed by atoms with Gasteiger partial charge in [0, 0.05) is 25.0 Å². The minimum Gasteiger partial charge on any atom is -0.341 e. The minimum absolute atomic E-state index is 0.00687. The molecule has 0 spiro atoms. The number of amidine groups is 1. The van der Waals surface area contributed by atoms with E-state index >= 15 is 0 Å². The molecule has 3 aromatic carbocycles. The molecule has 0 aromatic heterocycles. The summed E-state index contributed by atoms with van der Waals surface area (Å²) in [7, 11) is 1.83. The van der Waals surface area contributed by atoms with Crippen LogP contribution in [0.5, 0.6) is 0 Å². The van der Waals surface area contributed by atoms with Gasteiger partial charge < -0.3 is 15.1 Å². The second-order valence-corrected chi connectivity index (χ2v) is 11.3. The number of thioether (sulfide) groups is 1. The highest BCUT2D eigenvalue weighted by Crippen LogP contribution is 2.45. The van der Waals surface area contributed by atoms with E-state index in [0.717, 1.165) is 27.7 Å². The number of nitrogens with one attached hydrogen (secondary N) is 1. The summed E-state index contributed by atoms with van der Waals surface area (Å²) in [6.07, 6.45) is 0.211. The van der Waals surface area contributed by atoms with Crippen LogP contribution in [0, 0.1) is 0 Å². The Morgan fingerprint density at radius 2 is 1.62 bits per heavy atom. The van der Waals surface area contributed by atoms with Gasteiger partial charge in [0.15, 0.2) is 5.17 Å². The largest absolute Gasteiger partial charge is 0.341 e. The van der Waals surface area contributed by atoms with E-state index in [1.807, 2.05) is 80.0 Å². The van der Waals surface area contributed by atoms with Crippen molar-refractivity contribution in [2.45, 2.75) is 45.7 Å². The van der Waals surface area contributed by atoms with Crippen molar-refractivity contribution >= 4 is 34.4 Å². The average Bonchev–Trinajstić information content (AvgIpc) is 3.35. The summed E-state index contributed by atoms with van der Waals surface area (Å²) in [5.41, 5.74) is 6.09. The van der Waals surface area contributed by atoms with Crippen molar-refractivity contribution in [1.82, 2.24) is 9.80 Å². The van der Waals surface area contributed by atoms with Gasteiger partial charge in [0.25, 0.3) is 5.91 Å². The Hall–Kier alpha value is -4.10. The number of amides is 2. The predicted octanol–water partition coefficient (Wildman–Crippen LogP) is 7.07.